The Morgan fingerprint density at radius 2 is 2.00 bits per heavy atom. The first-order valence-electron chi connectivity index (χ1n) is 5.21. The molecular formula is C12H19NO. The zero-order valence-corrected chi connectivity index (χ0v) is 8.74. The van der Waals surface area contributed by atoms with Crippen LogP contribution in [0.3, 0.4) is 0 Å². The highest BCUT2D eigenvalue weighted by molar-refractivity contribution is 5.14. The number of nitrogens with one attached hydrogen (secondary N) is 1. The van der Waals surface area contributed by atoms with E-state index in [9.17, 15) is 0 Å². The summed E-state index contributed by atoms with van der Waals surface area (Å²) in [6.07, 6.45) is 1.91. The maximum atomic E-state index is 8.67. The molecule has 1 atom stereocenters. The van der Waals surface area contributed by atoms with Crippen LogP contribution >= 0.6 is 0 Å². The molecule has 0 aliphatic heterocycles. The third-order valence-electron chi connectivity index (χ3n) is 2.29. The lowest BCUT2D eigenvalue weighted by Gasteiger charge is -2.12. The molecule has 2 heteroatoms. The third kappa shape index (κ3) is 4.40. The van der Waals surface area contributed by atoms with Crippen molar-refractivity contribution in [3.05, 3.63) is 35.9 Å². The second-order valence-electron chi connectivity index (χ2n) is 3.63. The first kappa shape index (κ1) is 11.2. The summed E-state index contributed by atoms with van der Waals surface area (Å²) in [5, 5.41) is 12.1. The molecule has 0 heterocycles. The van der Waals surface area contributed by atoms with Gasteiger partial charge in [-0.05, 0) is 25.3 Å². The minimum atomic E-state index is 0.289. The molecule has 2 nitrogen and oxygen atoms in total. The van der Waals surface area contributed by atoms with E-state index in [1.165, 1.54) is 5.56 Å². The molecule has 0 amide bonds. The Balaban J connectivity index is 2.20. The summed E-state index contributed by atoms with van der Waals surface area (Å²) in [7, 11) is 0. The number of hydrogen-bond acceptors (Lipinski definition) is 2. The van der Waals surface area contributed by atoms with Crippen molar-refractivity contribution in [1.82, 2.24) is 5.32 Å². The Hall–Kier alpha value is -0.860. The standard InChI is InChI=1S/C12H19NO/c1-11(6-5-9-14)13-10-12-7-3-2-4-8-12/h2-4,7-8,11,13-14H,5-6,9-10H2,1H3/t11-/m1/s1. The first-order chi connectivity index (χ1) is 6.83. The fourth-order valence-corrected chi connectivity index (χ4v) is 1.39. The average Bonchev–Trinajstić information content (AvgIpc) is 2.25. The lowest BCUT2D eigenvalue weighted by atomic mass is 10.1. The van der Waals surface area contributed by atoms with E-state index in [0.29, 0.717) is 6.04 Å². The van der Waals surface area contributed by atoms with Crippen molar-refractivity contribution in [2.75, 3.05) is 6.61 Å². The average molecular weight is 193 g/mol. The van der Waals surface area contributed by atoms with Gasteiger partial charge in [0.15, 0.2) is 0 Å². The van der Waals surface area contributed by atoms with E-state index in [0.717, 1.165) is 19.4 Å². The molecule has 78 valence electrons. The lowest BCUT2D eigenvalue weighted by molar-refractivity contribution is 0.276. The van der Waals surface area contributed by atoms with E-state index in [2.05, 4.69) is 36.5 Å². The van der Waals surface area contributed by atoms with Crippen molar-refractivity contribution in [2.45, 2.75) is 32.4 Å². The summed E-state index contributed by atoms with van der Waals surface area (Å²) in [6.45, 7) is 3.35. The van der Waals surface area contributed by atoms with Crippen LogP contribution in [-0.2, 0) is 6.54 Å². The SMILES string of the molecule is C[C@H](CCCO)NCc1ccccc1. The molecule has 0 aliphatic rings. The quantitative estimate of drug-likeness (QED) is 0.723. The van der Waals surface area contributed by atoms with Gasteiger partial charge in [0, 0.05) is 19.2 Å². The van der Waals surface area contributed by atoms with Gasteiger partial charge in [-0.2, -0.15) is 0 Å². The lowest BCUT2D eigenvalue weighted by Crippen LogP contribution is -2.25. The van der Waals surface area contributed by atoms with Crippen LogP contribution in [0.4, 0.5) is 0 Å². The zero-order chi connectivity index (χ0) is 10.2. The summed E-state index contributed by atoms with van der Waals surface area (Å²) in [5.74, 6) is 0. The second-order valence-corrected chi connectivity index (χ2v) is 3.63. The fourth-order valence-electron chi connectivity index (χ4n) is 1.39. The Bertz CT molecular complexity index is 235. The maximum absolute atomic E-state index is 8.67. The Labute approximate surface area is 86.0 Å². The van der Waals surface area contributed by atoms with Crippen molar-refractivity contribution < 1.29 is 5.11 Å². The largest absolute Gasteiger partial charge is 0.396 e. The fraction of sp³-hybridized carbons (Fsp3) is 0.500. The normalized spacial score (nSPS) is 12.7. The molecule has 14 heavy (non-hydrogen) atoms. The van der Waals surface area contributed by atoms with Crippen LogP contribution in [-0.4, -0.2) is 17.8 Å². The van der Waals surface area contributed by atoms with Gasteiger partial charge >= 0.3 is 0 Å². The summed E-state index contributed by atoms with van der Waals surface area (Å²) in [6, 6.07) is 10.8. The predicted molar refractivity (Wildman–Crippen MR) is 59.1 cm³/mol. The number of benzene rings is 1. The van der Waals surface area contributed by atoms with Crippen LogP contribution in [0.2, 0.25) is 0 Å². The van der Waals surface area contributed by atoms with Crippen LogP contribution < -0.4 is 5.32 Å². The molecule has 0 saturated heterocycles. The van der Waals surface area contributed by atoms with Crippen molar-refractivity contribution in [1.29, 1.82) is 0 Å². The van der Waals surface area contributed by atoms with Crippen molar-refractivity contribution in [2.24, 2.45) is 0 Å². The van der Waals surface area contributed by atoms with E-state index < -0.39 is 0 Å². The Kier molecular flexibility index (Phi) is 5.27. The van der Waals surface area contributed by atoms with Gasteiger partial charge in [-0.25, -0.2) is 0 Å². The van der Waals surface area contributed by atoms with Gasteiger partial charge < -0.3 is 10.4 Å². The van der Waals surface area contributed by atoms with Crippen LogP contribution in [0.15, 0.2) is 30.3 Å². The van der Waals surface area contributed by atoms with E-state index in [1.54, 1.807) is 0 Å². The molecule has 1 aromatic rings. The van der Waals surface area contributed by atoms with Crippen molar-refractivity contribution in [3.63, 3.8) is 0 Å². The molecule has 1 aromatic carbocycles. The number of aliphatic hydroxyl groups excluding tert-OH is 1. The summed E-state index contributed by atoms with van der Waals surface area (Å²) in [4.78, 5) is 0. The van der Waals surface area contributed by atoms with Gasteiger partial charge in [0.1, 0.15) is 0 Å². The highest BCUT2D eigenvalue weighted by atomic mass is 16.2. The molecular weight excluding hydrogens is 174 g/mol. The predicted octanol–water partition coefficient (Wildman–Crippen LogP) is 1.94. The van der Waals surface area contributed by atoms with Gasteiger partial charge in [0.2, 0.25) is 0 Å². The highest BCUT2D eigenvalue weighted by Crippen LogP contribution is 2.00. The molecule has 0 fully saturated rings. The van der Waals surface area contributed by atoms with Crippen molar-refractivity contribution >= 4 is 0 Å². The van der Waals surface area contributed by atoms with Crippen LogP contribution in [0, 0.1) is 0 Å². The van der Waals surface area contributed by atoms with Crippen molar-refractivity contribution in [3.8, 4) is 0 Å². The monoisotopic (exact) mass is 193 g/mol. The van der Waals surface area contributed by atoms with Gasteiger partial charge in [0.25, 0.3) is 0 Å². The van der Waals surface area contributed by atoms with Crippen LogP contribution in [0.5, 0.6) is 0 Å². The Morgan fingerprint density at radius 1 is 1.29 bits per heavy atom. The topological polar surface area (TPSA) is 32.3 Å². The van der Waals surface area contributed by atoms with E-state index in [-0.39, 0.29) is 6.61 Å². The molecule has 0 saturated carbocycles. The number of hydrogen-bond donors (Lipinski definition) is 2. The van der Waals surface area contributed by atoms with Gasteiger partial charge in [-0.1, -0.05) is 30.3 Å². The summed E-state index contributed by atoms with van der Waals surface area (Å²) in [5.41, 5.74) is 1.31. The minimum absolute atomic E-state index is 0.289. The second kappa shape index (κ2) is 6.57. The molecule has 0 spiro atoms. The molecule has 0 aliphatic carbocycles. The van der Waals surface area contributed by atoms with E-state index >= 15 is 0 Å². The molecule has 0 unspecified atom stereocenters. The summed E-state index contributed by atoms with van der Waals surface area (Å²) < 4.78 is 0. The molecule has 0 radical (unpaired) electrons. The molecule has 0 aromatic heterocycles. The van der Waals surface area contributed by atoms with E-state index in [1.807, 2.05) is 6.07 Å². The van der Waals surface area contributed by atoms with E-state index in [4.69, 9.17) is 5.11 Å². The zero-order valence-electron chi connectivity index (χ0n) is 8.74. The first-order valence-corrected chi connectivity index (χ1v) is 5.21. The third-order valence-corrected chi connectivity index (χ3v) is 2.29. The molecule has 1 rings (SSSR count). The molecule has 2 N–H and O–H groups in total. The maximum Gasteiger partial charge on any atom is 0.0431 e. The minimum Gasteiger partial charge on any atom is -0.396 e. The number of rotatable bonds is 6. The van der Waals surface area contributed by atoms with Gasteiger partial charge in [-0.15, -0.1) is 0 Å². The number of aliphatic hydroxyl groups is 1. The Morgan fingerprint density at radius 3 is 2.64 bits per heavy atom. The summed E-state index contributed by atoms with van der Waals surface area (Å²) >= 11 is 0. The highest BCUT2D eigenvalue weighted by Gasteiger charge is 1.99. The molecule has 0 bridgehead atoms. The smallest absolute Gasteiger partial charge is 0.0431 e. The van der Waals surface area contributed by atoms with Gasteiger partial charge in [-0.3, -0.25) is 0 Å². The van der Waals surface area contributed by atoms with Gasteiger partial charge in [0.05, 0.1) is 0 Å². The van der Waals surface area contributed by atoms with Crippen LogP contribution in [0.1, 0.15) is 25.3 Å². The van der Waals surface area contributed by atoms with Crippen LogP contribution in [0.25, 0.3) is 0 Å².